The van der Waals surface area contributed by atoms with Crippen molar-refractivity contribution in [3.05, 3.63) is 27.5 Å². The van der Waals surface area contributed by atoms with Gasteiger partial charge in [0.05, 0.1) is 0 Å². The number of likely N-dealkylation sites (tertiary alicyclic amines) is 2. The van der Waals surface area contributed by atoms with Crippen LogP contribution in [0.15, 0.2) is 11.5 Å². The van der Waals surface area contributed by atoms with E-state index in [1.807, 2.05) is 11.3 Å². The van der Waals surface area contributed by atoms with Gasteiger partial charge < -0.3 is 36.5 Å². The van der Waals surface area contributed by atoms with Crippen molar-refractivity contribution in [3.8, 4) is 0 Å². The van der Waals surface area contributed by atoms with Crippen molar-refractivity contribution in [1.82, 2.24) is 9.80 Å². The normalized spacial score (nSPS) is 21.9. The van der Waals surface area contributed by atoms with Crippen LogP contribution in [-0.4, -0.2) is 88.4 Å². The Labute approximate surface area is 272 Å². The Bertz CT molecular complexity index is 964. The summed E-state index contributed by atoms with van der Waals surface area (Å²) >= 11 is 1.88. The summed E-state index contributed by atoms with van der Waals surface area (Å²) in [4.78, 5) is 6.57. The zero-order chi connectivity index (χ0) is 32.1. The summed E-state index contributed by atoms with van der Waals surface area (Å²) in [5.74, 6) is 1.79. The Morgan fingerprint density at radius 3 is 2.18 bits per heavy atom. The quantitative estimate of drug-likeness (QED) is 0.116. The molecule has 4 rings (SSSR count). The molecule has 8 nitrogen and oxygen atoms in total. The van der Waals surface area contributed by atoms with Crippen molar-refractivity contribution in [1.29, 1.82) is 0 Å². The van der Waals surface area contributed by atoms with E-state index in [-0.39, 0.29) is 11.6 Å². The minimum atomic E-state index is -1.17. The first-order chi connectivity index (χ1) is 21.0. The first-order valence-electron chi connectivity index (χ1n) is 17.5. The van der Waals surface area contributed by atoms with Crippen LogP contribution in [0.5, 0.6) is 0 Å². The van der Waals surface area contributed by atoms with Crippen molar-refractivity contribution >= 4 is 31.6 Å². The number of unbranched alkanes of at least 4 members (excludes halogenated alkanes) is 2. The summed E-state index contributed by atoms with van der Waals surface area (Å²) in [6, 6.07) is 0.257. The lowest BCUT2D eigenvalue weighted by molar-refractivity contribution is 0.130. The van der Waals surface area contributed by atoms with E-state index < -0.39 is 14.2 Å². The molecule has 8 N–H and O–H groups in total. The third kappa shape index (κ3) is 12.5. The fourth-order valence-corrected chi connectivity index (χ4v) is 8.48. The molecule has 11 heteroatoms. The van der Waals surface area contributed by atoms with E-state index in [0.717, 1.165) is 58.2 Å². The highest BCUT2D eigenvalue weighted by molar-refractivity contribution is 7.11. The lowest BCUT2D eigenvalue weighted by Crippen LogP contribution is -2.49. The summed E-state index contributed by atoms with van der Waals surface area (Å²) in [5, 5.41) is 37.8. The van der Waals surface area contributed by atoms with Gasteiger partial charge in [-0.05, 0) is 132 Å². The SMILES string of the molecule is CC1C=Cc2scc(CN3CCC(C(N)CCCCB(O)O)CC3)c21.CCCN1CCC(C(C)(N)CCCCB(O)O)CC1. The highest BCUT2D eigenvalue weighted by Gasteiger charge is 2.32. The first-order valence-corrected chi connectivity index (χ1v) is 18.4. The van der Waals surface area contributed by atoms with Gasteiger partial charge in [0, 0.05) is 28.9 Å². The fraction of sp³-hybridized carbons (Fsp3) is 0.818. The molecule has 2 aliphatic heterocycles. The number of thiophene rings is 1. The second-order valence-electron chi connectivity index (χ2n) is 14.1. The van der Waals surface area contributed by atoms with Crippen LogP contribution in [0.25, 0.3) is 6.08 Å². The molecule has 0 spiro atoms. The number of allylic oxidation sites excluding steroid dienone is 1. The van der Waals surface area contributed by atoms with Crippen LogP contribution in [0.1, 0.15) is 113 Å². The number of nitrogens with two attached hydrogens (primary N) is 2. The van der Waals surface area contributed by atoms with Gasteiger partial charge in [0.15, 0.2) is 0 Å². The summed E-state index contributed by atoms with van der Waals surface area (Å²) < 4.78 is 0. The van der Waals surface area contributed by atoms with Crippen LogP contribution in [-0.2, 0) is 6.54 Å². The Kier molecular flexibility index (Phi) is 16.4. The molecule has 3 aliphatic rings. The minimum absolute atomic E-state index is 0.0985. The molecular weight excluding hydrogens is 570 g/mol. The van der Waals surface area contributed by atoms with Gasteiger partial charge in [-0.15, -0.1) is 11.3 Å². The van der Waals surface area contributed by atoms with Crippen molar-refractivity contribution < 1.29 is 20.1 Å². The van der Waals surface area contributed by atoms with Gasteiger partial charge in [-0.3, -0.25) is 4.90 Å². The lowest BCUT2D eigenvalue weighted by atomic mass is 9.75. The number of hydrogen-bond donors (Lipinski definition) is 6. The summed E-state index contributed by atoms with van der Waals surface area (Å²) in [6.07, 6.45) is 17.2. The largest absolute Gasteiger partial charge is 0.451 e. The molecule has 0 aromatic carbocycles. The molecule has 1 aromatic rings. The molecular formula is C33H62B2N4O4S. The Hall–Kier alpha value is -0.750. The number of piperidine rings is 2. The van der Waals surface area contributed by atoms with E-state index in [2.05, 4.69) is 48.1 Å². The maximum atomic E-state index is 8.89. The zero-order valence-corrected chi connectivity index (χ0v) is 28.7. The van der Waals surface area contributed by atoms with Crippen LogP contribution in [0.3, 0.4) is 0 Å². The molecule has 3 heterocycles. The third-order valence-electron chi connectivity index (χ3n) is 10.3. The Morgan fingerprint density at radius 1 is 0.955 bits per heavy atom. The first kappa shape index (κ1) is 37.7. The highest BCUT2D eigenvalue weighted by Crippen LogP contribution is 2.38. The van der Waals surface area contributed by atoms with Gasteiger partial charge in [-0.25, -0.2) is 0 Å². The van der Waals surface area contributed by atoms with E-state index in [4.69, 9.17) is 31.6 Å². The van der Waals surface area contributed by atoms with Crippen LogP contribution in [0.2, 0.25) is 12.6 Å². The lowest BCUT2D eigenvalue weighted by Gasteiger charge is -2.40. The second kappa shape index (κ2) is 19.2. The van der Waals surface area contributed by atoms with Crippen LogP contribution < -0.4 is 11.5 Å². The zero-order valence-electron chi connectivity index (χ0n) is 27.9. The molecule has 0 radical (unpaired) electrons. The van der Waals surface area contributed by atoms with Gasteiger partial charge >= 0.3 is 14.2 Å². The van der Waals surface area contributed by atoms with Crippen LogP contribution >= 0.6 is 11.3 Å². The van der Waals surface area contributed by atoms with Gasteiger partial charge in [0.25, 0.3) is 0 Å². The molecule has 3 unspecified atom stereocenters. The summed E-state index contributed by atoms with van der Waals surface area (Å²) in [6.45, 7) is 13.6. The molecule has 3 atom stereocenters. The summed E-state index contributed by atoms with van der Waals surface area (Å²) in [5.41, 5.74) is 15.8. The average molecular weight is 633 g/mol. The van der Waals surface area contributed by atoms with Gasteiger partial charge in [0.2, 0.25) is 0 Å². The van der Waals surface area contributed by atoms with Crippen LogP contribution in [0, 0.1) is 11.8 Å². The van der Waals surface area contributed by atoms with Crippen LogP contribution in [0.4, 0.5) is 0 Å². The van der Waals surface area contributed by atoms with E-state index in [1.54, 1.807) is 5.56 Å². The molecule has 0 bridgehead atoms. The molecule has 1 aliphatic carbocycles. The van der Waals surface area contributed by atoms with Crippen molar-refractivity contribution in [2.24, 2.45) is 23.3 Å². The molecule has 2 fully saturated rings. The predicted octanol–water partition coefficient (Wildman–Crippen LogP) is 4.53. The standard InChI is InChI=1S/C19H31BN2O2S.C14H31BN2O2/c1-14-5-6-18-19(14)16(13-25-18)12-22-10-7-15(8-11-22)17(21)4-2-3-9-20(23)24;1-3-10-17-11-6-13(7-12-17)14(2,16)8-4-5-9-15(18)19/h5-6,13-15,17,23-24H,2-4,7-12,21H2,1H3;13,18-19H,3-12,16H2,1-2H3. The number of hydrogen-bond acceptors (Lipinski definition) is 9. The maximum Gasteiger partial charge on any atom is 0.451 e. The van der Waals surface area contributed by atoms with E-state index in [1.165, 1.54) is 62.2 Å². The summed E-state index contributed by atoms with van der Waals surface area (Å²) in [7, 11) is -2.34. The van der Waals surface area contributed by atoms with Crippen molar-refractivity contribution in [2.75, 3.05) is 32.7 Å². The van der Waals surface area contributed by atoms with Gasteiger partial charge in [0.1, 0.15) is 0 Å². The molecule has 250 valence electrons. The molecule has 0 saturated carbocycles. The average Bonchev–Trinajstić information content (AvgIpc) is 3.57. The molecule has 2 saturated heterocycles. The fourth-order valence-electron chi connectivity index (χ4n) is 7.41. The number of rotatable bonds is 16. The van der Waals surface area contributed by atoms with E-state index >= 15 is 0 Å². The van der Waals surface area contributed by atoms with E-state index in [0.29, 0.717) is 30.4 Å². The highest BCUT2D eigenvalue weighted by atomic mass is 32.1. The molecule has 44 heavy (non-hydrogen) atoms. The monoisotopic (exact) mass is 632 g/mol. The van der Waals surface area contributed by atoms with Crippen molar-refractivity contribution in [2.45, 2.75) is 128 Å². The second-order valence-corrected chi connectivity index (χ2v) is 15.0. The predicted molar refractivity (Wildman–Crippen MR) is 187 cm³/mol. The van der Waals surface area contributed by atoms with Crippen molar-refractivity contribution in [3.63, 3.8) is 0 Å². The third-order valence-corrected chi connectivity index (χ3v) is 11.3. The minimum Gasteiger partial charge on any atom is -0.427 e. The topological polar surface area (TPSA) is 139 Å². The number of fused-ring (bicyclic) bond motifs is 1. The van der Waals surface area contributed by atoms with Gasteiger partial charge in [-0.1, -0.05) is 45.6 Å². The maximum absolute atomic E-state index is 8.89. The number of nitrogens with zero attached hydrogens (tertiary/aromatic N) is 2. The Morgan fingerprint density at radius 2 is 1.57 bits per heavy atom. The Balaban J connectivity index is 0.000000251. The van der Waals surface area contributed by atoms with E-state index in [9.17, 15) is 0 Å². The van der Waals surface area contributed by atoms with Gasteiger partial charge in [-0.2, -0.15) is 0 Å². The smallest absolute Gasteiger partial charge is 0.427 e. The molecule has 1 aromatic heterocycles. The molecule has 0 amide bonds.